The number of benzene rings is 3. The second-order valence-electron chi connectivity index (χ2n) is 7.19. The standard InChI is InChI=1S/C25H27NO4/c1-17(2)22-7-5-6-8-24(22)30-16-19-15-18(9-14-23(19)29-4)25(27)26-20-10-12-21(28-3)13-11-20/h5-15,17H,16H2,1-4H3,(H,26,27). The van der Waals surface area contributed by atoms with Gasteiger partial charge in [-0.05, 0) is 60.0 Å². The second kappa shape index (κ2) is 9.83. The molecule has 0 bridgehead atoms. The van der Waals surface area contributed by atoms with Crippen LogP contribution < -0.4 is 19.5 Å². The van der Waals surface area contributed by atoms with Crippen molar-refractivity contribution in [3.63, 3.8) is 0 Å². The minimum atomic E-state index is -0.202. The zero-order valence-corrected chi connectivity index (χ0v) is 17.8. The van der Waals surface area contributed by atoms with Gasteiger partial charge in [0.25, 0.3) is 5.91 Å². The molecule has 3 rings (SSSR count). The van der Waals surface area contributed by atoms with E-state index in [4.69, 9.17) is 14.2 Å². The fraction of sp³-hybridized carbons (Fsp3) is 0.240. The zero-order valence-electron chi connectivity index (χ0n) is 17.8. The van der Waals surface area contributed by atoms with E-state index in [1.165, 1.54) is 0 Å². The summed E-state index contributed by atoms with van der Waals surface area (Å²) in [5.41, 5.74) is 3.17. The van der Waals surface area contributed by atoms with Crippen molar-refractivity contribution in [1.82, 2.24) is 0 Å². The highest BCUT2D eigenvalue weighted by atomic mass is 16.5. The van der Waals surface area contributed by atoms with Crippen LogP contribution in [0.2, 0.25) is 0 Å². The minimum Gasteiger partial charge on any atom is -0.497 e. The molecule has 0 aliphatic carbocycles. The van der Waals surface area contributed by atoms with Gasteiger partial charge in [-0.2, -0.15) is 0 Å². The average Bonchev–Trinajstić information content (AvgIpc) is 2.78. The molecular formula is C25H27NO4. The molecule has 5 nitrogen and oxygen atoms in total. The van der Waals surface area contributed by atoms with Crippen molar-refractivity contribution in [3.05, 3.63) is 83.4 Å². The SMILES string of the molecule is COc1ccc(NC(=O)c2ccc(OC)c(COc3ccccc3C(C)C)c2)cc1. The van der Waals surface area contributed by atoms with Gasteiger partial charge in [0.2, 0.25) is 0 Å². The number of para-hydroxylation sites is 1. The van der Waals surface area contributed by atoms with Crippen LogP contribution in [0.3, 0.4) is 0 Å². The molecule has 0 heterocycles. The lowest BCUT2D eigenvalue weighted by Gasteiger charge is -2.16. The monoisotopic (exact) mass is 405 g/mol. The molecular weight excluding hydrogens is 378 g/mol. The number of hydrogen-bond donors (Lipinski definition) is 1. The maximum Gasteiger partial charge on any atom is 0.255 e. The van der Waals surface area contributed by atoms with Crippen LogP contribution in [0.25, 0.3) is 0 Å². The van der Waals surface area contributed by atoms with Crippen LogP contribution in [0, 0.1) is 0 Å². The molecule has 1 amide bonds. The van der Waals surface area contributed by atoms with E-state index < -0.39 is 0 Å². The van der Waals surface area contributed by atoms with E-state index in [2.05, 4.69) is 25.2 Å². The summed E-state index contributed by atoms with van der Waals surface area (Å²) in [6, 6.07) is 20.5. The first-order valence-corrected chi connectivity index (χ1v) is 9.86. The summed E-state index contributed by atoms with van der Waals surface area (Å²) in [5, 5.41) is 2.90. The Bertz CT molecular complexity index is 996. The molecule has 0 aliphatic heterocycles. The van der Waals surface area contributed by atoms with Gasteiger partial charge in [-0.25, -0.2) is 0 Å². The maximum absolute atomic E-state index is 12.7. The normalized spacial score (nSPS) is 10.6. The Morgan fingerprint density at radius 1 is 0.900 bits per heavy atom. The predicted molar refractivity (Wildman–Crippen MR) is 119 cm³/mol. The lowest BCUT2D eigenvalue weighted by molar-refractivity contribution is 0.102. The molecule has 3 aromatic rings. The van der Waals surface area contributed by atoms with Crippen LogP contribution in [0.15, 0.2) is 66.7 Å². The van der Waals surface area contributed by atoms with Crippen LogP contribution >= 0.6 is 0 Å². The fourth-order valence-electron chi connectivity index (χ4n) is 3.15. The minimum absolute atomic E-state index is 0.202. The molecule has 0 atom stereocenters. The maximum atomic E-state index is 12.7. The molecule has 156 valence electrons. The smallest absolute Gasteiger partial charge is 0.255 e. The quantitative estimate of drug-likeness (QED) is 0.525. The first-order chi connectivity index (χ1) is 14.5. The molecule has 0 aliphatic rings. The van der Waals surface area contributed by atoms with Crippen LogP contribution in [-0.4, -0.2) is 20.1 Å². The topological polar surface area (TPSA) is 56.8 Å². The van der Waals surface area contributed by atoms with Crippen LogP contribution in [-0.2, 0) is 6.61 Å². The van der Waals surface area contributed by atoms with E-state index in [0.29, 0.717) is 29.5 Å². The van der Waals surface area contributed by atoms with E-state index >= 15 is 0 Å². The van der Waals surface area contributed by atoms with Gasteiger partial charge in [0.15, 0.2) is 0 Å². The lowest BCUT2D eigenvalue weighted by atomic mass is 10.0. The molecule has 0 fully saturated rings. The number of rotatable bonds is 8. The van der Waals surface area contributed by atoms with Crippen LogP contribution in [0.5, 0.6) is 17.2 Å². The summed E-state index contributed by atoms with van der Waals surface area (Å²) < 4.78 is 16.7. The van der Waals surface area contributed by atoms with Gasteiger partial charge in [0.1, 0.15) is 23.9 Å². The number of carbonyl (C=O) groups excluding carboxylic acids is 1. The van der Waals surface area contributed by atoms with Crippen molar-refractivity contribution in [1.29, 1.82) is 0 Å². The van der Waals surface area contributed by atoms with Gasteiger partial charge >= 0.3 is 0 Å². The van der Waals surface area contributed by atoms with Gasteiger partial charge in [-0.3, -0.25) is 4.79 Å². The Hall–Kier alpha value is -3.47. The predicted octanol–water partition coefficient (Wildman–Crippen LogP) is 5.66. The van der Waals surface area contributed by atoms with Gasteiger partial charge in [-0.15, -0.1) is 0 Å². The summed E-state index contributed by atoms with van der Waals surface area (Å²) >= 11 is 0. The van der Waals surface area contributed by atoms with Crippen molar-refractivity contribution in [2.45, 2.75) is 26.4 Å². The van der Waals surface area contributed by atoms with Gasteiger partial charge in [-0.1, -0.05) is 32.0 Å². The molecule has 3 aromatic carbocycles. The first kappa shape index (κ1) is 21.2. The van der Waals surface area contributed by atoms with E-state index in [-0.39, 0.29) is 5.91 Å². The van der Waals surface area contributed by atoms with Crippen molar-refractivity contribution >= 4 is 11.6 Å². The molecule has 0 aromatic heterocycles. The highest BCUT2D eigenvalue weighted by Crippen LogP contribution is 2.28. The van der Waals surface area contributed by atoms with Crippen LogP contribution in [0.1, 0.15) is 41.3 Å². The third-order valence-electron chi connectivity index (χ3n) is 4.81. The number of amides is 1. The molecule has 0 saturated heterocycles. The Morgan fingerprint density at radius 3 is 2.30 bits per heavy atom. The number of nitrogens with one attached hydrogen (secondary N) is 1. The Morgan fingerprint density at radius 2 is 1.63 bits per heavy atom. The molecule has 0 spiro atoms. The van der Waals surface area contributed by atoms with Gasteiger partial charge < -0.3 is 19.5 Å². The van der Waals surface area contributed by atoms with Crippen molar-refractivity contribution in [2.24, 2.45) is 0 Å². The van der Waals surface area contributed by atoms with Crippen molar-refractivity contribution in [3.8, 4) is 17.2 Å². The van der Waals surface area contributed by atoms with Crippen molar-refractivity contribution in [2.75, 3.05) is 19.5 Å². The van der Waals surface area contributed by atoms with Crippen LogP contribution in [0.4, 0.5) is 5.69 Å². The average molecular weight is 405 g/mol. The number of methoxy groups -OCH3 is 2. The highest BCUT2D eigenvalue weighted by molar-refractivity contribution is 6.04. The van der Waals surface area contributed by atoms with E-state index in [1.807, 2.05) is 18.2 Å². The number of hydrogen-bond acceptors (Lipinski definition) is 4. The third kappa shape index (κ3) is 5.11. The third-order valence-corrected chi connectivity index (χ3v) is 4.81. The second-order valence-corrected chi connectivity index (χ2v) is 7.19. The number of anilines is 1. The number of ether oxygens (including phenoxy) is 3. The Kier molecular flexibility index (Phi) is 6.96. The molecule has 30 heavy (non-hydrogen) atoms. The first-order valence-electron chi connectivity index (χ1n) is 9.86. The van der Waals surface area contributed by atoms with E-state index in [0.717, 1.165) is 22.6 Å². The summed E-state index contributed by atoms with van der Waals surface area (Å²) in [5.74, 6) is 2.40. The largest absolute Gasteiger partial charge is 0.497 e. The van der Waals surface area contributed by atoms with Gasteiger partial charge in [0, 0.05) is 16.8 Å². The summed E-state index contributed by atoms with van der Waals surface area (Å²) in [4.78, 5) is 12.7. The highest BCUT2D eigenvalue weighted by Gasteiger charge is 2.13. The number of carbonyl (C=O) groups is 1. The summed E-state index contributed by atoms with van der Waals surface area (Å²) in [6.45, 7) is 4.57. The summed E-state index contributed by atoms with van der Waals surface area (Å²) in [6.07, 6.45) is 0. The van der Waals surface area contributed by atoms with E-state index in [1.54, 1.807) is 56.7 Å². The Labute approximate surface area is 177 Å². The fourth-order valence-corrected chi connectivity index (χ4v) is 3.15. The van der Waals surface area contributed by atoms with Gasteiger partial charge in [0.05, 0.1) is 14.2 Å². The molecule has 0 saturated carbocycles. The summed E-state index contributed by atoms with van der Waals surface area (Å²) in [7, 11) is 3.21. The molecule has 0 unspecified atom stereocenters. The molecule has 0 radical (unpaired) electrons. The molecule has 1 N–H and O–H groups in total. The Balaban J connectivity index is 1.77. The lowest BCUT2D eigenvalue weighted by Crippen LogP contribution is -2.13. The van der Waals surface area contributed by atoms with Crippen molar-refractivity contribution < 1.29 is 19.0 Å². The molecule has 5 heteroatoms. The van der Waals surface area contributed by atoms with E-state index in [9.17, 15) is 4.79 Å². The zero-order chi connectivity index (χ0) is 21.5.